The summed E-state index contributed by atoms with van der Waals surface area (Å²) in [6.45, 7) is 1.85. The number of nitrogens with zero attached hydrogens (tertiary/aromatic N) is 5. The molecule has 4 rings (SSSR count). The molecule has 2 N–H and O–H groups in total. The van der Waals surface area contributed by atoms with Gasteiger partial charge in [-0.2, -0.15) is 14.6 Å². The third-order valence-corrected chi connectivity index (χ3v) is 3.38. The van der Waals surface area contributed by atoms with Crippen LogP contribution in [-0.4, -0.2) is 34.8 Å². The largest absolute Gasteiger partial charge is 0.493 e. The number of aromatic hydroxyl groups is 2. The molecule has 1 aromatic carbocycles. The topological polar surface area (TPSA) is 96.4 Å². The highest BCUT2D eigenvalue weighted by atomic mass is 16.3. The Balaban J connectivity index is 1.98. The summed E-state index contributed by atoms with van der Waals surface area (Å²) in [6.07, 6.45) is 0. The van der Waals surface area contributed by atoms with E-state index >= 15 is 0 Å². The maximum atomic E-state index is 9.82. The van der Waals surface area contributed by atoms with Gasteiger partial charge in [0.1, 0.15) is 11.4 Å². The van der Waals surface area contributed by atoms with Crippen LogP contribution in [0.3, 0.4) is 0 Å². The molecule has 0 atom stereocenters. The third kappa shape index (κ3) is 1.83. The summed E-state index contributed by atoms with van der Waals surface area (Å²) in [5, 5.41) is 23.5. The summed E-state index contributed by atoms with van der Waals surface area (Å²) in [5.74, 6) is -0.460. The van der Waals surface area contributed by atoms with E-state index in [2.05, 4.69) is 20.1 Å². The Bertz CT molecular complexity index is 1030. The lowest BCUT2D eigenvalue weighted by molar-refractivity contribution is 0.413. The van der Waals surface area contributed by atoms with Gasteiger partial charge in [-0.1, -0.05) is 12.1 Å². The molecule has 0 aliphatic rings. The van der Waals surface area contributed by atoms with Gasteiger partial charge in [0, 0.05) is 6.07 Å². The van der Waals surface area contributed by atoms with Crippen molar-refractivity contribution in [2.75, 3.05) is 0 Å². The molecule has 7 nitrogen and oxygen atoms in total. The Morgan fingerprint density at radius 3 is 2.45 bits per heavy atom. The molecule has 3 heterocycles. The van der Waals surface area contributed by atoms with Crippen molar-refractivity contribution in [3.8, 4) is 23.1 Å². The molecule has 0 bridgehead atoms. The Hall–Kier alpha value is -3.22. The number of hydrogen-bond donors (Lipinski definition) is 2. The number of benzene rings is 1. The van der Waals surface area contributed by atoms with Crippen LogP contribution in [0, 0.1) is 6.92 Å². The molecule has 7 heteroatoms. The minimum atomic E-state index is -0.266. The van der Waals surface area contributed by atoms with Gasteiger partial charge in [0.25, 0.3) is 0 Å². The van der Waals surface area contributed by atoms with Crippen LogP contribution in [0.1, 0.15) is 5.69 Å². The van der Waals surface area contributed by atoms with Gasteiger partial charge < -0.3 is 10.2 Å². The Labute approximate surface area is 124 Å². The normalized spacial score (nSPS) is 11.3. The average Bonchev–Trinajstić information content (AvgIpc) is 2.90. The smallest absolute Gasteiger partial charge is 0.219 e. The van der Waals surface area contributed by atoms with E-state index in [4.69, 9.17) is 0 Å². The number of fused-ring (bicyclic) bond motifs is 2. The number of para-hydroxylation sites is 2. The van der Waals surface area contributed by atoms with Crippen LogP contribution < -0.4 is 0 Å². The molecule has 0 amide bonds. The molecular formula is C15H11N5O2. The summed E-state index contributed by atoms with van der Waals surface area (Å²) in [5.41, 5.74) is 3.78. The predicted octanol–water partition coefficient (Wildman–Crippen LogP) is 2.06. The summed E-state index contributed by atoms with van der Waals surface area (Å²) in [4.78, 5) is 13.0. The predicted molar refractivity (Wildman–Crippen MR) is 79.6 cm³/mol. The SMILES string of the molecule is Cc1nc2ccccc2nc1-c1cc2nc(O)cc(O)n2n1. The highest BCUT2D eigenvalue weighted by Crippen LogP contribution is 2.25. The zero-order valence-electron chi connectivity index (χ0n) is 11.6. The second kappa shape index (κ2) is 4.39. The van der Waals surface area contributed by atoms with Crippen molar-refractivity contribution in [3.05, 3.63) is 42.1 Å². The van der Waals surface area contributed by atoms with Gasteiger partial charge in [0.15, 0.2) is 5.65 Å². The highest BCUT2D eigenvalue weighted by molar-refractivity contribution is 5.78. The molecule has 4 aromatic rings. The molecule has 0 spiro atoms. The van der Waals surface area contributed by atoms with Gasteiger partial charge in [-0.05, 0) is 19.1 Å². The zero-order valence-corrected chi connectivity index (χ0v) is 11.6. The minimum Gasteiger partial charge on any atom is -0.493 e. The first kappa shape index (κ1) is 12.5. The van der Waals surface area contributed by atoms with Crippen molar-refractivity contribution >= 4 is 16.7 Å². The molecule has 0 fully saturated rings. The molecule has 0 radical (unpaired) electrons. The lowest BCUT2D eigenvalue weighted by Crippen LogP contribution is -1.95. The monoisotopic (exact) mass is 293 g/mol. The molecule has 0 aliphatic heterocycles. The first-order chi connectivity index (χ1) is 10.6. The van der Waals surface area contributed by atoms with E-state index in [1.807, 2.05) is 31.2 Å². The van der Waals surface area contributed by atoms with E-state index in [0.717, 1.165) is 22.8 Å². The van der Waals surface area contributed by atoms with Gasteiger partial charge >= 0.3 is 0 Å². The molecule has 108 valence electrons. The van der Waals surface area contributed by atoms with Gasteiger partial charge in [-0.3, -0.25) is 0 Å². The maximum Gasteiger partial charge on any atom is 0.219 e. The molecule has 0 aliphatic carbocycles. The fourth-order valence-corrected chi connectivity index (χ4v) is 2.39. The second-order valence-electron chi connectivity index (χ2n) is 4.92. The van der Waals surface area contributed by atoms with Crippen LogP contribution in [-0.2, 0) is 0 Å². The average molecular weight is 293 g/mol. The van der Waals surface area contributed by atoms with Crippen LogP contribution in [0.5, 0.6) is 11.8 Å². The number of aryl methyl sites for hydroxylation is 1. The lowest BCUT2D eigenvalue weighted by Gasteiger charge is -2.03. The first-order valence-electron chi connectivity index (χ1n) is 6.64. The quantitative estimate of drug-likeness (QED) is 0.557. The number of hydrogen-bond acceptors (Lipinski definition) is 6. The summed E-state index contributed by atoms with van der Waals surface area (Å²) in [7, 11) is 0. The highest BCUT2D eigenvalue weighted by Gasteiger charge is 2.14. The van der Waals surface area contributed by atoms with Gasteiger partial charge in [0.2, 0.25) is 11.8 Å². The van der Waals surface area contributed by atoms with Crippen LogP contribution in [0.2, 0.25) is 0 Å². The molecule has 0 saturated heterocycles. The van der Waals surface area contributed by atoms with E-state index in [9.17, 15) is 10.2 Å². The Morgan fingerprint density at radius 1 is 0.955 bits per heavy atom. The van der Waals surface area contributed by atoms with E-state index in [-0.39, 0.29) is 11.8 Å². The van der Waals surface area contributed by atoms with E-state index < -0.39 is 0 Å². The molecule has 0 unspecified atom stereocenters. The first-order valence-corrected chi connectivity index (χ1v) is 6.64. The lowest BCUT2D eigenvalue weighted by atomic mass is 10.2. The molecule has 3 aromatic heterocycles. The summed E-state index contributed by atoms with van der Waals surface area (Å²) < 4.78 is 1.24. The number of aromatic nitrogens is 5. The third-order valence-electron chi connectivity index (χ3n) is 3.38. The van der Waals surface area contributed by atoms with Crippen molar-refractivity contribution in [1.82, 2.24) is 24.6 Å². The molecule has 0 saturated carbocycles. The minimum absolute atomic E-state index is 0.194. The standard InChI is InChI=1S/C15H11N5O2/c1-8-15(17-10-5-3-2-4-9(10)16-8)11-6-12-18-13(21)7-14(22)20(12)19-11/h2-7,22H,1H3,(H,18,21). The van der Waals surface area contributed by atoms with Crippen molar-refractivity contribution in [2.24, 2.45) is 0 Å². The fourth-order valence-electron chi connectivity index (χ4n) is 2.39. The Morgan fingerprint density at radius 2 is 1.68 bits per heavy atom. The van der Waals surface area contributed by atoms with Gasteiger partial charge in [0.05, 0.1) is 22.8 Å². The van der Waals surface area contributed by atoms with Gasteiger partial charge in [-0.15, -0.1) is 0 Å². The van der Waals surface area contributed by atoms with Crippen molar-refractivity contribution in [3.63, 3.8) is 0 Å². The van der Waals surface area contributed by atoms with E-state index in [1.54, 1.807) is 6.07 Å². The fraction of sp³-hybridized carbons (Fsp3) is 0.0667. The van der Waals surface area contributed by atoms with E-state index in [0.29, 0.717) is 17.0 Å². The number of rotatable bonds is 1. The summed E-state index contributed by atoms with van der Waals surface area (Å²) >= 11 is 0. The van der Waals surface area contributed by atoms with Crippen molar-refractivity contribution in [2.45, 2.75) is 6.92 Å². The van der Waals surface area contributed by atoms with Crippen molar-refractivity contribution < 1.29 is 10.2 Å². The van der Waals surface area contributed by atoms with Crippen LogP contribution in [0.4, 0.5) is 0 Å². The molecular weight excluding hydrogens is 282 g/mol. The second-order valence-corrected chi connectivity index (χ2v) is 4.92. The summed E-state index contributed by atoms with van der Waals surface area (Å²) in [6, 6.07) is 10.3. The van der Waals surface area contributed by atoms with Crippen LogP contribution >= 0.6 is 0 Å². The van der Waals surface area contributed by atoms with Crippen LogP contribution in [0.15, 0.2) is 36.4 Å². The maximum absolute atomic E-state index is 9.82. The zero-order chi connectivity index (χ0) is 15.3. The van der Waals surface area contributed by atoms with Crippen molar-refractivity contribution in [1.29, 1.82) is 0 Å². The molecule has 22 heavy (non-hydrogen) atoms. The Kier molecular flexibility index (Phi) is 2.50. The van der Waals surface area contributed by atoms with E-state index in [1.165, 1.54) is 4.52 Å². The van der Waals surface area contributed by atoms with Gasteiger partial charge in [-0.25, -0.2) is 9.97 Å². The van der Waals surface area contributed by atoms with Crippen LogP contribution in [0.25, 0.3) is 28.1 Å².